The Labute approximate surface area is 134 Å². The molecule has 1 aromatic carbocycles. The summed E-state index contributed by atoms with van der Waals surface area (Å²) >= 11 is 1.13. The topological polar surface area (TPSA) is 51.2 Å². The second-order valence-electron chi connectivity index (χ2n) is 5.92. The van der Waals surface area contributed by atoms with E-state index in [0.29, 0.717) is 15.3 Å². The lowest BCUT2D eigenvalue weighted by Gasteiger charge is -2.21. The van der Waals surface area contributed by atoms with Gasteiger partial charge in [-0.05, 0) is 25.0 Å². The molecule has 8 heteroatoms. The minimum absolute atomic E-state index is 0.0826. The zero-order valence-electron chi connectivity index (χ0n) is 12.4. The number of benzene rings is 1. The second-order valence-corrected chi connectivity index (χ2v) is 6.95. The van der Waals surface area contributed by atoms with Gasteiger partial charge in [-0.25, -0.2) is 4.98 Å². The monoisotopic (exact) mass is 344 g/mol. The number of carbonyl (C=O) groups is 1. The fourth-order valence-corrected chi connectivity index (χ4v) is 3.68. The molecular weight excluding hydrogens is 329 g/mol. The van der Waals surface area contributed by atoms with Gasteiger partial charge in [-0.15, -0.1) is 13.2 Å². The SMILES string of the molecule is CC1(C(=O)Nc2nc3ccc(OC(F)(F)F)cc3s2)CCCC1. The molecule has 1 heterocycles. The Morgan fingerprint density at radius 3 is 2.70 bits per heavy atom. The van der Waals surface area contributed by atoms with E-state index in [4.69, 9.17) is 0 Å². The van der Waals surface area contributed by atoms with Crippen LogP contribution in [0.25, 0.3) is 10.2 Å². The molecule has 4 nitrogen and oxygen atoms in total. The van der Waals surface area contributed by atoms with E-state index >= 15 is 0 Å². The van der Waals surface area contributed by atoms with Crippen LogP contribution in [-0.2, 0) is 4.79 Å². The summed E-state index contributed by atoms with van der Waals surface area (Å²) < 4.78 is 41.1. The summed E-state index contributed by atoms with van der Waals surface area (Å²) in [6, 6.07) is 3.92. The van der Waals surface area contributed by atoms with Gasteiger partial charge in [-0.2, -0.15) is 0 Å². The highest BCUT2D eigenvalue weighted by Crippen LogP contribution is 2.39. The van der Waals surface area contributed by atoms with Crippen LogP contribution in [0.15, 0.2) is 18.2 Å². The molecule has 1 aliphatic carbocycles. The molecular formula is C15H15F3N2O2S. The molecule has 0 bridgehead atoms. The summed E-state index contributed by atoms with van der Waals surface area (Å²) in [5.41, 5.74) is 0.138. The van der Waals surface area contributed by atoms with Crippen molar-refractivity contribution in [1.29, 1.82) is 0 Å². The Kier molecular flexibility index (Phi) is 3.95. The highest BCUT2D eigenvalue weighted by molar-refractivity contribution is 7.22. The normalized spacial score (nSPS) is 17.4. The molecule has 0 spiro atoms. The van der Waals surface area contributed by atoms with Crippen molar-refractivity contribution in [1.82, 2.24) is 4.98 Å². The minimum atomic E-state index is -4.73. The molecule has 3 rings (SSSR count). The van der Waals surface area contributed by atoms with Crippen LogP contribution in [0.2, 0.25) is 0 Å². The Bertz CT molecular complexity index is 736. The Morgan fingerprint density at radius 2 is 2.04 bits per heavy atom. The summed E-state index contributed by atoms with van der Waals surface area (Å²) in [6.07, 6.45) is -0.989. The third-order valence-corrected chi connectivity index (χ3v) is 5.00. The lowest BCUT2D eigenvalue weighted by molar-refractivity contribution is -0.274. The standard InChI is InChI=1S/C15H15F3N2O2S/c1-14(6-2-3-7-14)12(21)20-13-19-10-5-4-9(8-11(10)23-13)22-15(16,17)18/h4-5,8H,2-3,6-7H2,1H3,(H,19,20,21). The summed E-state index contributed by atoms with van der Waals surface area (Å²) in [5, 5.41) is 3.18. The fourth-order valence-electron chi connectivity index (χ4n) is 2.79. The zero-order valence-corrected chi connectivity index (χ0v) is 13.2. The van der Waals surface area contributed by atoms with Crippen molar-refractivity contribution in [3.63, 3.8) is 0 Å². The van der Waals surface area contributed by atoms with Crippen molar-refractivity contribution in [3.8, 4) is 5.75 Å². The number of ether oxygens (including phenoxy) is 1. The highest BCUT2D eigenvalue weighted by Gasteiger charge is 2.36. The van der Waals surface area contributed by atoms with E-state index in [1.54, 1.807) is 0 Å². The molecule has 1 aliphatic rings. The van der Waals surface area contributed by atoms with E-state index in [1.807, 2.05) is 6.92 Å². The largest absolute Gasteiger partial charge is 0.573 e. The van der Waals surface area contributed by atoms with Crippen LogP contribution in [0.1, 0.15) is 32.6 Å². The summed E-state index contributed by atoms with van der Waals surface area (Å²) in [4.78, 5) is 16.6. The first-order chi connectivity index (χ1) is 10.8. The number of thiazole rings is 1. The molecule has 1 aromatic heterocycles. The van der Waals surface area contributed by atoms with Gasteiger partial charge in [0.2, 0.25) is 5.91 Å². The number of hydrogen-bond acceptors (Lipinski definition) is 4. The van der Waals surface area contributed by atoms with Gasteiger partial charge < -0.3 is 10.1 Å². The first-order valence-corrected chi connectivity index (χ1v) is 8.05. The smallest absolute Gasteiger partial charge is 0.406 e. The van der Waals surface area contributed by atoms with Gasteiger partial charge in [-0.3, -0.25) is 4.79 Å². The number of fused-ring (bicyclic) bond motifs is 1. The third kappa shape index (κ3) is 3.57. The summed E-state index contributed by atoms with van der Waals surface area (Å²) in [5.74, 6) is -0.380. The van der Waals surface area contributed by atoms with Crippen LogP contribution in [-0.4, -0.2) is 17.3 Å². The van der Waals surface area contributed by atoms with Gasteiger partial charge in [-0.1, -0.05) is 31.1 Å². The lowest BCUT2D eigenvalue weighted by Crippen LogP contribution is -2.30. The number of nitrogens with zero attached hydrogens (tertiary/aromatic N) is 1. The maximum Gasteiger partial charge on any atom is 0.573 e. The molecule has 0 saturated heterocycles. The average molecular weight is 344 g/mol. The van der Waals surface area contributed by atoms with Gasteiger partial charge in [0.05, 0.1) is 10.2 Å². The van der Waals surface area contributed by atoms with Crippen molar-refractivity contribution in [2.24, 2.45) is 5.41 Å². The molecule has 124 valence electrons. The predicted octanol–water partition coefficient (Wildman–Crippen LogP) is 4.71. The predicted molar refractivity (Wildman–Crippen MR) is 81.5 cm³/mol. The van der Waals surface area contributed by atoms with Crippen LogP contribution in [0, 0.1) is 5.41 Å². The van der Waals surface area contributed by atoms with E-state index in [9.17, 15) is 18.0 Å². The number of amides is 1. The number of rotatable bonds is 3. The minimum Gasteiger partial charge on any atom is -0.406 e. The van der Waals surface area contributed by atoms with Gasteiger partial charge in [0.1, 0.15) is 5.75 Å². The van der Waals surface area contributed by atoms with Crippen LogP contribution >= 0.6 is 11.3 Å². The summed E-state index contributed by atoms with van der Waals surface area (Å²) in [6.45, 7) is 1.93. The van der Waals surface area contributed by atoms with Crippen molar-refractivity contribution in [3.05, 3.63) is 18.2 Å². The Hall–Kier alpha value is -1.83. The second kappa shape index (κ2) is 5.67. The van der Waals surface area contributed by atoms with Crippen molar-refractivity contribution in [2.45, 2.75) is 39.0 Å². The molecule has 1 saturated carbocycles. The number of carbonyl (C=O) groups excluding carboxylic acids is 1. The Balaban J connectivity index is 1.79. The van der Waals surface area contributed by atoms with Crippen molar-refractivity contribution < 1.29 is 22.7 Å². The highest BCUT2D eigenvalue weighted by atomic mass is 32.1. The number of hydrogen-bond donors (Lipinski definition) is 1. The van der Waals surface area contributed by atoms with E-state index in [2.05, 4.69) is 15.0 Å². The maximum atomic E-state index is 12.3. The zero-order chi connectivity index (χ0) is 16.7. The van der Waals surface area contributed by atoms with Crippen molar-refractivity contribution in [2.75, 3.05) is 5.32 Å². The number of aromatic nitrogens is 1. The van der Waals surface area contributed by atoms with Gasteiger partial charge in [0.25, 0.3) is 0 Å². The molecule has 0 unspecified atom stereocenters. The van der Waals surface area contributed by atoms with E-state index in [1.165, 1.54) is 18.2 Å². The molecule has 0 atom stereocenters. The van der Waals surface area contributed by atoms with E-state index < -0.39 is 6.36 Å². The van der Waals surface area contributed by atoms with Crippen LogP contribution in [0.4, 0.5) is 18.3 Å². The maximum absolute atomic E-state index is 12.3. The molecule has 1 amide bonds. The molecule has 0 radical (unpaired) electrons. The van der Waals surface area contributed by atoms with Gasteiger partial charge in [0, 0.05) is 11.5 Å². The van der Waals surface area contributed by atoms with E-state index in [0.717, 1.165) is 37.0 Å². The molecule has 2 aromatic rings. The van der Waals surface area contributed by atoms with E-state index in [-0.39, 0.29) is 17.1 Å². The average Bonchev–Trinajstić information content (AvgIpc) is 3.03. The Morgan fingerprint density at radius 1 is 1.35 bits per heavy atom. The van der Waals surface area contributed by atoms with Crippen LogP contribution in [0.5, 0.6) is 5.75 Å². The quantitative estimate of drug-likeness (QED) is 0.877. The van der Waals surface area contributed by atoms with Crippen LogP contribution < -0.4 is 10.1 Å². The molecule has 0 aliphatic heterocycles. The number of anilines is 1. The molecule has 23 heavy (non-hydrogen) atoms. The first kappa shape index (κ1) is 16.0. The number of nitrogens with one attached hydrogen (secondary N) is 1. The van der Waals surface area contributed by atoms with Crippen molar-refractivity contribution >= 4 is 32.6 Å². The van der Waals surface area contributed by atoms with Crippen LogP contribution in [0.3, 0.4) is 0 Å². The lowest BCUT2D eigenvalue weighted by atomic mass is 9.88. The molecule has 1 N–H and O–H groups in total. The number of alkyl halides is 3. The third-order valence-electron chi connectivity index (χ3n) is 4.07. The molecule has 1 fully saturated rings. The summed E-state index contributed by atoms with van der Waals surface area (Å²) in [7, 11) is 0. The van der Waals surface area contributed by atoms with Gasteiger partial charge in [0.15, 0.2) is 5.13 Å². The van der Waals surface area contributed by atoms with Gasteiger partial charge >= 0.3 is 6.36 Å². The first-order valence-electron chi connectivity index (χ1n) is 7.23. The fraction of sp³-hybridized carbons (Fsp3) is 0.467. The number of halogens is 3.